The summed E-state index contributed by atoms with van der Waals surface area (Å²) in [6.45, 7) is 1.61. The third-order valence-electron chi connectivity index (χ3n) is 5.64. The van der Waals surface area contributed by atoms with E-state index in [1.807, 2.05) is 0 Å². The smallest absolute Gasteiger partial charge is 0.251 e. The molecule has 8 nitrogen and oxygen atoms in total. The monoisotopic (exact) mass is 437 g/mol. The van der Waals surface area contributed by atoms with Gasteiger partial charge in [-0.15, -0.1) is 0 Å². The summed E-state index contributed by atoms with van der Waals surface area (Å²) in [7, 11) is -3.64. The number of carbonyl (C=O) groups is 2. The van der Waals surface area contributed by atoms with Gasteiger partial charge in [-0.2, -0.15) is 0 Å². The second-order valence-electron chi connectivity index (χ2n) is 7.89. The molecule has 1 aromatic carbocycles. The molecule has 2 aliphatic rings. The Morgan fingerprint density at radius 3 is 2.30 bits per heavy atom. The summed E-state index contributed by atoms with van der Waals surface area (Å²) in [5, 5.41) is 5.62. The van der Waals surface area contributed by atoms with Crippen LogP contribution in [0.1, 0.15) is 55.3 Å². The van der Waals surface area contributed by atoms with Crippen LogP contribution in [0.15, 0.2) is 29.2 Å². The van der Waals surface area contributed by atoms with Gasteiger partial charge in [0, 0.05) is 37.7 Å². The lowest BCUT2D eigenvalue weighted by atomic mass is 9.89. The first-order valence-corrected chi connectivity index (χ1v) is 12.2. The lowest BCUT2D eigenvalue weighted by molar-refractivity contribution is -0.125. The Kier molecular flexibility index (Phi) is 8.24. The molecular weight excluding hydrogens is 406 g/mol. The molecule has 2 fully saturated rings. The van der Waals surface area contributed by atoms with Gasteiger partial charge in [0.15, 0.2) is 0 Å². The van der Waals surface area contributed by atoms with Crippen molar-refractivity contribution in [3.8, 4) is 0 Å². The molecular formula is C21H31N3O5S. The second-order valence-corrected chi connectivity index (χ2v) is 9.66. The van der Waals surface area contributed by atoms with Gasteiger partial charge in [-0.1, -0.05) is 19.3 Å². The molecule has 3 rings (SSSR count). The second kappa shape index (κ2) is 10.9. The van der Waals surface area contributed by atoms with Crippen molar-refractivity contribution in [2.45, 2.75) is 55.9 Å². The molecule has 1 atom stereocenters. The van der Waals surface area contributed by atoms with Crippen LogP contribution in [-0.4, -0.2) is 52.6 Å². The Bertz CT molecular complexity index is 814. The van der Waals surface area contributed by atoms with Gasteiger partial charge >= 0.3 is 0 Å². The summed E-state index contributed by atoms with van der Waals surface area (Å²) in [5.74, 6) is -0.148. The van der Waals surface area contributed by atoms with E-state index >= 15 is 0 Å². The van der Waals surface area contributed by atoms with Gasteiger partial charge in [0.05, 0.1) is 11.0 Å². The van der Waals surface area contributed by atoms with Crippen molar-refractivity contribution in [3.05, 3.63) is 29.8 Å². The van der Waals surface area contributed by atoms with Crippen LogP contribution in [-0.2, 0) is 19.6 Å². The Balaban J connectivity index is 1.41. The van der Waals surface area contributed by atoms with Crippen molar-refractivity contribution in [2.75, 3.05) is 26.2 Å². The number of hydrogen-bond acceptors (Lipinski definition) is 5. The molecule has 0 radical (unpaired) electrons. The lowest BCUT2D eigenvalue weighted by Crippen LogP contribution is -2.38. The van der Waals surface area contributed by atoms with Crippen LogP contribution in [0.2, 0.25) is 0 Å². The van der Waals surface area contributed by atoms with E-state index in [0.29, 0.717) is 25.3 Å². The molecule has 1 saturated heterocycles. The van der Waals surface area contributed by atoms with E-state index in [4.69, 9.17) is 4.74 Å². The topological polar surface area (TPSA) is 114 Å². The first kappa shape index (κ1) is 22.7. The maximum atomic E-state index is 12.4. The minimum absolute atomic E-state index is 0.0639. The fraction of sp³-hybridized carbons (Fsp3) is 0.619. The normalized spacial score (nSPS) is 20.1. The fourth-order valence-corrected chi connectivity index (χ4v) is 4.92. The minimum atomic E-state index is -3.64. The van der Waals surface area contributed by atoms with Crippen LogP contribution in [0.3, 0.4) is 0 Å². The molecule has 1 unspecified atom stereocenters. The van der Waals surface area contributed by atoms with Gasteiger partial charge in [-0.3, -0.25) is 9.59 Å². The van der Waals surface area contributed by atoms with Crippen molar-refractivity contribution in [2.24, 2.45) is 5.92 Å². The highest BCUT2D eigenvalue weighted by molar-refractivity contribution is 7.89. The summed E-state index contributed by atoms with van der Waals surface area (Å²) >= 11 is 0. The summed E-state index contributed by atoms with van der Waals surface area (Å²) in [6, 6.07) is 5.79. The Morgan fingerprint density at radius 2 is 1.63 bits per heavy atom. The average Bonchev–Trinajstić information content (AvgIpc) is 3.29. The number of amides is 2. The summed E-state index contributed by atoms with van der Waals surface area (Å²) in [4.78, 5) is 24.4. The highest BCUT2D eigenvalue weighted by Crippen LogP contribution is 2.23. The SMILES string of the molecule is O=C(NCCNC(=O)C1CCCCC1)c1ccc(S(=O)(=O)NCC2CCCO2)cc1. The van der Waals surface area contributed by atoms with Crippen molar-refractivity contribution >= 4 is 21.8 Å². The molecule has 1 aliphatic heterocycles. The van der Waals surface area contributed by atoms with E-state index in [9.17, 15) is 18.0 Å². The van der Waals surface area contributed by atoms with Gasteiger partial charge in [-0.05, 0) is 49.9 Å². The number of ether oxygens (including phenoxy) is 1. The summed E-state index contributed by atoms with van der Waals surface area (Å²) in [6.07, 6.45) is 7.00. The standard InChI is InChI=1S/C21H31N3O5S/c25-20(16-5-2-1-3-6-16)22-12-13-23-21(26)17-8-10-19(11-9-17)30(27,28)24-15-18-7-4-14-29-18/h8-11,16,18,24H,1-7,12-15H2,(H,22,25)(H,23,26). The molecule has 0 bridgehead atoms. The van der Waals surface area contributed by atoms with Crippen molar-refractivity contribution in [1.82, 2.24) is 15.4 Å². The molecule has 9 heteroatoms. The maximum absolute atomic E-state index is 12.4. The van der Waals surface area contributed by atoms with Gasteiger partial charge < -0.3 is 15.4 Å². The zero-order valence-electron chi connectivity index (χ0n) is 17.2. The van der Waals surface area contributed by atoms with Crippen LogP contribution < -0.4 is 15.4 Å². The van der Waals surface area contributed by atoms with E-state index in [-0.39, 0.29) is 35.3 Å². The first-order valence-electron chi connectivity index (χ1n) is 10.7. The molecule has 1 heterocycles. The Labute approximate surface area is 178 Å². The van der Waals surface area contributed by atoms with E-state index in [2.05, 4.69) is 15.4 Å². The number of benzene rings is 1. The van der Waals surface area contributed by atoms with Gasteiger partial charge in [0.1, 0.15) is 0 Å². The quantitative estimate of drug-likeness (QED) is 0.508. The number of hydrogen-bond donors (Lipinski definition) is 3. The third kappa shape index (κ3) is 6.52. The highest BCUT2D eigenvalue weighted by Gasteiger charge is 2.21. The zero-order chi connectivity index (χ0) is 21.4. The first-order chi connectivity index (χ1) is 14.5. The van der Waals surface area contributed by atoms with Crippen LogP contribution >= 0.6 is 0 Å². The number of sulfonamides is 1. The third-order valence-corrected chi connectivity index (χ3v) is 7.08. The van der Waals surface area contributed by atoms with Crippen LogP contribution in [0.5, 0.6) is 0 Å². The predicted molar refractivity (Wildman–Crippen MR) is 113 cm³/mol. The van der Waals surface area contributed by atoms with Gasteiger partial charge in [-0.25, -0.2) is 13.1 Å². The summed E-state index contributed by atoms with van der Waals surface area (Å²) in [5.41, 5.74) is 0.367. The van der Waals surface area contributed by atoms with Crippen LogP contribution in [0.25, 0.3) is 0 Å². The Morgan fingerprint density at radius 1 is 0.933 bits per heavy atom. The number of nitrogens with one attached hydrogen (secondary N) is 3. The van der Waals surface area contributed by atoms with E-state index in [1.54, 1.807) is 0 Å². The van der Waals surface area contributed by atoms with Crippen molar-refractivity contribution < 1.29 is 22.7 Å². The molecule has 1 aromatic rings. The zero-order valence-corrected chi connectivity index (χ0v) is 18.0. The van der Waals surface area contributed by atoms with Gasteiger partial charge in [0.25, 0.3) is 5.91 Å². The van der Waals surface area contributed by atoms with Crippen molar-refractivity contribution in [3.63, 3.8) is 0 Å². The fourth-order valence-electron chi connectivity index (χ4n) is 3.85. The molecule has 2 amide bonds. The molecule has 0 aromatic heterocycles. The predicted octanol–water partition coefficient (Wildman–Crippen LogP) is 1.57. The molecule has 1 aliphatic carbocycles. The van der Waals surface area contributed by atoms with Crippen LogP contribution in [0.4, 0.5) is 0 Å². The van der Waals surface area contributed by atoms with E-state index in [1.165, 1.54) is 30.7 Å². The number of carbonyl (C=O) groups excluding carboxylic acids is 2. The summed E-state index contributed by atoms with van der Waals surface area (Å²) < 4.78 is 32.7. The molecule has 3 N–H and O–H groups in total. The number of rotatable bonds is 9. The molecule has 30 heavy (non-hydrogen) atoms. The molecule has 166 valence electrons. The van der Waals surface area contributed by atoms with E-state index in [0.717, 1.165) is 38.5 Å². The highest BCUT2D eigenvalue weighted by atomic mass is 32.2. The average molecular weight is 438 g/mol. The largest absolute Gasteiger partial charge is 0.377 e. The maximum Gasteiger partial charge on any atom is 0.251 e. The molecule has 1 saturated carbocycles. The van der Waals surface area contributed by atoms with E-state index < -0.39 is 10.0 Å². The van der Waals surface area contributed by atoms with Gasteiger partial charge in [0.2, 0.25) is 15.9 Å². The molecule has 0 spiro atoms. The van der Waals surface area contributed by atoms with Crippen molar-refractivity contribution in [1.29, 1.82) is 0 Å². The minimum Gasteiger partial charge on any atom is -0.377 e. The van der Waals surface area contributed by atoms with Crippen LogP contribution in [0, 0.1) is 5.92 Å². The lowest BCUT2D eigenvalue weighted by Gasteiger charge is -2.20. The Hall–Kier alpha value is -1.97.